The Kier molecular flexibility index (Phi) is 1.12. The van der Waals surface area contributed by atoms with Crippen LogP contribution >= 0.6 is 0 Å². The molecule has 1 radical (unpaired) electrons. The highest BCUT2D eigenvalue weighted by Gasteiger charge is 1.82. The molecule has 0 unspecified atom stereocenters. The maximum absolute atomic E-state index is 2.96. The molecular formula is C4H7N2. The molecule has 6 heavy (non-hydrogen) atoms. The van der Waals surface area contributed by atoms with E-state index in [-0.39, 0.29) is 0 Å². The Labute approximate surface area is 37.2 Å². The third-order valence-corrected chi connectivity index (χ3v) is 0.635. The van der Waals surface area contributed by atoms with E-state index in [1.54, 1.807) is 6.67 Å². The van der Waals surface area contributed by atoms with Crippen LogP contribution in [-0.4, -0.2) is 6.54 Å². The lowest BCUT2D eigenvalue weighted by molar-refractivity contribution is 0.773. The zero-order valence-electron chi connectivity index (χ0n) is 3.44. The molecule has 2 nitrogen and oxygen atoms in total. The van der Waals surface area contributed by atoms with Crippen molar-refractivity contribution in [2.75, 3.05) is 6.54 Å². The minimum Gasteiger partial charge on any atom is -0.373 e. The molecule has 0 aromatic rings. The van der Waals surface area contributed by atoms with Gasteiger partial charge in [0, 0.05) is 6.54 Å². The summed E-state index contributed by atoms with van der Waals surface area (Å²) in [6, 6.07) is 0. The summed E-state index contributed by atoms with van der Waals surface area (Å²) >= 11 is 0. The summed E-state index contributed by atoms with van der Waals surface area (Å²) in [4.78, 5) is 0. The van der Waals surface area contributed by atoms with Gasteiger partial charge in [-0.1, -0.05) is 6.08 Å². The zero-order chi connectivity index (χ0) is 4.24. The number of nitrogens with one attached hydrogen (secondary N) is 2. The van der Waals surface area contributed by atoms with Gasteiger partial charge in [0.1, 0.15) is 6.67 Å². The molecule has 1 heterocycles. The highest BCUT2D eigenvalue weighted by atomic mass is 15.1. The van der Waals surface area contributed by atoms with E-state index in [1.807, 2.05) is 12.3 Å². The number of hydrogen-bond acceptors (Lipinski definition) is 2. The maximum Gasteiger partial charge on any atom is 0.111 e. The third-order valence-electron chi connectivity index (χ3n) is 0.635. The van der Waals surface area contributed by atoms with Gasteiger partial charge in [-0.25, -0.2) is 0 Å². The highest BCUT2D eigenvalue weighted by molar-refractivity contribution is 4.89. The van der Waals surface area contributed by atoms with E-state index in [2.05, 4.69) is 10.6 Å². The van der Waals surface area contributed by atoms with Crippen molar-refractivity contribution in [3.63, 3.8) is 0 Å². The van der Waals surface area contributed by atoms with Gasteiger partial charge in [-0.15, -0.1) is 0 Å². The van der Waals surface area contributed by atoms with Gasteiger partial charge < -0.3 is 5.32 Å². The van der Waals surface area contributed by atoms with Crippen LogP contribution in [-0.2, 0) is 0 Å². The first kappa shape index (κ1) is 3.68. The summed E-state index contributed by atoms with van der Waals surface area (Å²) in [7, 11) is 0. The van der Waals surface area contributed by atoms with E-state index in [1.165, 1.54) is 0 Å². The fourth-order valence-electron chi connectivity index (χ4n) is 0.361. The monoisotopic (exact) mass is 83.1 g/mol. The lowest BCUT2D eigenvalue weighted by atomic mass is 10.5. The number of rotatable bonds is 0. The second-order valence-corrected chi connectivity index (χ2v) is 1.12. The van der Waals surface area contributed by atoms with Gasteiger partial charge in [0.05, 0.1) is 0 Å². The van der Waals surface area contributed by atoms with E-state index in [0.29, 0.717) is 0 Å². The van der Waals surface area contributed by atoms with Crippen LogP contribution in [0.15, 0.2) is 12.3 Å². The fourth-order valence-corrected chi connectivity index (χ4v) is 0.361. The zero-order valence-corrected chi connectivity index (χ0v) is 3.44. The van der Waals surface area contributed by atoms with Crippen molar-refractivity contribution >= 4 is 0 Å². The van der Waals surface area contributed by atoms with Crippen LogP contribution in [0.4, 0.5) is 0 Å². The molecule has 0 fully saturated rings. The predicted molar refractivity (Wildman–Crippen MR) is 24.6 cm³/mol. The molecule has 1 aliphatic rings. The molecule has 0 amide bonds. The van der Waals surface area contributed by atoms with E-state index in [9.17, 15) is 0 Å². The van der Waals surface area contributed by atoms with Crippen molar-refractivity contribution in [1.82, 2.24) is 10.6 Å². The van der Waals surface area contributed by atoms with Crippen molar-refractivity contribution in [2.24, 2.45) is 0 Å². The minimum absolute atomic E-state index is 0.951. The SMILES string of the molecule is [CH]1NC=CCN1. The molecule has 2 N–H and O–H groups in total. The van der Waals surface area contributed by atoms with Crippen LogP contribution in [0, 0.1) is 6.67 Å². The summed E-state index contributed by atoms with van der Waals surface area (Å²) in [5, 5.41) is 5.83. The van der Waals surface area contributed by atoms with Gasteiger partial charge in [-0.2, -0.15) is 0 Å². The summed E-state index contributed by atoms with van der Waals surface area (Å²) in [6.45, 7) is 2.76. The first-order valence-electron chi connectivity index (χ1n) is 1.96. The Morgan fingerprint density at radius 3 is 2.67 bits per heavy atom. The molecule has 0 aliphatic carbocycles. The van der Waals surface area contributed by atoms with Gasteiger partial charge >= 0.3 is 0 Å². The molecule has 0 saturated carbocycles. The van der Waals surface area contributed by atoms with Crippen LogP contribution in [0.5, 0.6) is 0 Å². The normalized spacial score (nSPS) is 20.0. The Morgan fingerprint density at radius 1 is 1.50 bits per heavy atom. The lowest BCUT2D eigenvalue weighted by Crippen LogP contribution is -2.23. The van der Waals surface area contributed by atoms with Gasteiger partial charge in [0.25, 0.3) is 0 Å². The summed E-state index contributed by atoms with van der Waals surface area (Å²) in [6.07, 6.45) is 3.91. The quantitative estimate of drug-likeness (QED) is 0.424. The van der Waals surface area contributed by atoms with Crippen LogP contribution in [0.3, 0.4) is 0 Å². The molecule has 33 valence electrons. The summed E-state index contributed by atoms with van der Waals surface area (Å²) < 4.78 is 0. The van der Waals surface area contributed by atoms with E-state index < -0.39 is 0 Å². The Balaban J connectivity index is 2.26. The molecule has 2 heteroatoms. The maximum atomic E-state index is 2.96. The van der Waals surface area contributed by atoms with Crippen molar-refractivity contribution in [3.05, 3.63) is 18.9 Å². The van der Waals surface area contributed by atoms with E-state index >= 15 is 0 Å². The largest absolute Gasteiger partial charge is 0.373 e. The molecule has 1 aliphatic heterocycles. The minimum atomic E-state index is 0.951. The molecule has 0 aromatic heterocycles. The highest BCUT2D eigenvalue weighted by Crippen LogP contribution is 1.73. The standard InChI is InChI=1S/C4H7N2/c1-2-5-4-6-3-1/h1-2,4-6H,3H2. The first-order chi connectivity index (χ1) is 3.00. The van der Waals surface area contributed by atoms with Gasteiger partial charge in [-0.05, 0) is 6.20 Å². The average molecular weight is 83.1 g/mol. The molecule has 1 rings (SSSR count). The van der Waals surface area contributed by atoms with Crippen molar-refractivity contribution in [1.29, 1.82) is 0 Å². The second kappa shape index (κ2) is 1.82. The predicted octanol–water partition coefficient (Wildman–Crippen LogP) is -0.188. The van der Waals surface area contributed by atoms with Crippen molar-refractivity contribution < 1.29 is 0 Å². The molecule has 0 saturated heterocycles. The second-order valence-electron chi connectivity index (χ2n) is 1.12. The van der Waals surface area contributed by atoms with E-state index in [0.717, 1.165) is 6.54 Å². The lowest BCUT2D eigenvalue weighted by Gasteiger charge is -2.03. The van der Waals surface area contributed by atoms with Crippen LogP contribution in [0.1, 0.15) is 0 Å². The molecule has 0 bridgehead atoms. The Hall–Kier alpha value is -0.500. The Morgan fingerprint density at radius 2 is 2.50 bits per heavy atom. The summed E-state index contributed by atoms with van der Waals surface area (Å²) in [5.74, 6) is 0. The van der Waals surface area contributed by atoms with Gasteiger partial charge in [0.2, 0.25) is 0 Å². The van der Waals surface area contributed by atoms with Crippen molar-refractivity contribution in [2.45, 2.75) is 0 Å². The van der Waals surface area contributed by atoms with Crippen LogP contribution in [0.2, 0.25) is 0 Å². The first-order valence-corrected chi connectivity index (χ1v) is 1.96. The molecular weight excluding hydrogens is 76.1 g/mol. The topological polar surface area (TPSA) is 24.1 Å². The number of hydrogen-bond donors (Lipinski definition) is 2. The van der Waals surface area contributed by atoms with Gasteiger partial charge in [-0.3, -0.25) is 5.32 Å². The van der Waals surface area contributed by atoms with Crippen molar-refractivity contribution in [3.8, 4) is 0 Å². The van der Waals surface area contributed by atoms with Gasteiger partial charge in [0.15, 0.2) is 0 Å². The smallest absolute Gasteiger partial charge is 0.111 e. The molecule has 0 aromatic carbocycles. The van der Waals surface area contributed by atoms with E-state index in [4.69, 9.17) is 0 Å². The van der Waals surface area contributed by atoms with Crippen LogP contribution in [0.25, 0.3) is 0 Å². The average Bonchev–Trinajstić information content (AvgIpc) is 1.72. The Bertz CT molecular complexity index is 50.6. The molecule has 0 atom stereocenters. The van der Waals surface area contributed by atoms with Crippen LogP contribution < -0.4 is 10.6 Å². The third kappa shape index (κ3) is 0.723. The molecule has 0 spiro atoms. The summed E-state index contributed by atoms with van der Waals surface area (Å²) in [5.41, 5.74) is 0. The fraction of sp³-hybridized carbons (Fsp3) is 0.250.